The molecule has 0 aliphatic carbocycles. The van der Waals surface area contributed by atoms with Crippen molar-refractivity contribution in [1.82, 2.24) is 10.6 Å². The zero-order valence-corrected chi connectivity index (χ0v) is 16.1. The van der Waals surface area contributed by atoms with Crippen LogP contribution in [0.3, 0.4) is 0 Å². The van der Waals surface area contributed by atoms with Crippen LogP contribution in [0.25, 0.3) is 0 Å². The molecule has 6 nitrogen and oxygen atoms in total. The monoisotopic (exact) mass is 368 g/mol. The second-order valence-electron chi connectivity index (χ2n) is 6.72. The van der Waals surface area contributed by atoms with Gasteiger partial charge in [-0.3, -0.25) is 9.59 Å². The third-order valence-electron chi connectivity index (χ3n) is 3.48. The zero-order chi connectivity index (χ0) is 19.8. The van der Waals surface area contributed by atoms with E-state index in [4.69, 9.17) is 9.31 Å². The van der Waals surface area contributed by atoms with Crippen molar-refractivity contribution in [2.75, 3.05) is 0 Å². The Morgan fingerprint density at radius 1 is 0.778 bits per heavy atom. The molecule has 2 N–H and O–H groups in total. The van der Waals surface area contributed by atoms with Crippen molar-refractivity contribution in [2.45, 2.75) is 39.8 Å². The van der Waals surface area contributed by atoms with Crippen molar-refractivity contribution in [1.29, 1.82) is 0 Å². The standard InChI is InChI=1S/C20H25BN2O4/c1-13(2)22-19(24)15-7-5-9-17(11-15)26-21-27-18-10-6-8-16(12-18)20(25)23-14(3)4/h5-14,21H,1-4H3,(H,22,24)(H,23,25). The van der Waals surface area contributed by atoms with E-state index in [1.165, 1.54) is 0 Å². The average molecular weight is 368 g/mol. The number of amides is 2. The highest BCUT2D eigenvalue weighted by molar-refractivity contribution is 6.20. The van der Waals surface area contributed by atoms with Crippen LogP contribution < -0.4 is 19.9 Å². The molecule has 2 aromatic rings. The summed E-state index contributed by atoms with van der Waals surface area (Å²) in [5.41, 5.74) is 1.04. The van der Waals surface area contributed by atoms with E-state index in [0.29, 0.717) is 22.6 Å². The van der Waals surface area contributed by atoms with E-state index in [-0.39, 0.29) is 31.6 Å². The van der Waals surface area contributed by atoms with Gasteiger partial charge in [-0.2, -0.15) is 0 Å². The van der Waals surface area contributed by atoms with Crippen LogP contribution in [0.15, 0.2) is 48.5 Å². The van der Waals surface area contributed by atoms with Crippen LogP contribution in [0, 0.1) is 0 Å². The minimum atomic E-state index is -0.153. The predicted molar refractivity (Wildman–Crippen MR) is 106 cm³/mol. The number of hydrogen-bond donors (Lipinski definition) is 2. The van der Waals surface area contributed by atoms with E-state index in [0.717, 1.165) is 0 Å². The van der Waals surface area contributed by atoms with Crippen molar-refractivity contribution >= 4 is 19.5 Å². The van der Waals surface area contributed by atoms with Crippen molar-refractivity contribution in [3.63, 3.8) is 0 Å². The van der Waals surface area contributed by atoms with Crippen LogP contribution in [0.5, 0.6) is 11.5 Å². The van der Waals surface area contributed by atoms with Gasteiger partial charge >= 0.3 is 7.69 Å². The first kappa shape index (κ1) is 20.4. The Morgan fingerprint density at radius 2 is 1.19 bits per heavy atom. The minimum Gasteiger partial charge on any atom is -0.529 e. The van der Waals surface area contributed by atoms with Crippen molar-refractivity contribution < 1.29 is 18.9 Å². The number of carbonyl (C=O) groups excluding carboxylic acids is 2. The molecule has 0 bridgehead atoms. The maximum Gasteiger partial charge on any atom is 0.576 e. The van der Waals surface area contributed by atoms with Gasteiger partial charge < -0.3 is 19.9 Å². The van der Waals surface area contributed by atoms with Gasteiger partial charge in [-0.05, 0) is 64.1 Å². The number of hydrogen-bond acceptors (Lipinski definition) is 4. The van der Waals surface area contributed by atoms with Gasteiger partial charge in [0.1, 0.15) is 11.5 Å². The molecule has 0 heterocycles. The number of carbonyl (C=O) groups is 2. The molecule has 142 valence electrons. The third-order valence-corrected chi connectivity index (χ3v) is 3.48. The molecule has 0 saturated carbocycles. The van der Waals surface area contributed by atoms with Gasteiger partial charge in [0, 0.05) is 23.2 Å². The highest BCUT2D eigenvalue weighted by atomic mass is 16.6. The molecule has 2 rings (SSSR count). The van der Waals surface area contributed by atoms with Crippen molar-refractivity contribution in [3.05, 3.63) is 59.7 Å². The molecule has 0 aliphatic heterocycles. The summed E-state index contributed by atoms with van der Waals surface area (Å²) in [5.74, 6) is 0.751. The van der Waals surface area contributed by atoms with Gasteiger partial charge in [-0.15, -0.1) is 0 Å². The summed E-state index contributed by atoms with van der Waals surface area (Å²) in [6, 6.07) is 13.9. The Balaban J connectivity index is 1.93. The second kappa shape index (κ2) is 9.66. The van der Waals surface area contributed by atoms with Gasteiger partial charge in [0.2, 0.25) is 0 Å². The molecule has 0 saturated heterocycles. The lowest BCUT2D eigenvalue weighted by molar-refractivity contribution is 0.0934. The molecule has 0 aromatic heterocycles. The summed E-state index contributed by atoms with van der Waals surface area (Å²) in [6.07, 6.45) is 0. The summed E-state index contributed by atoms with van der Waals surface area (Å²) in [6.45, 7) is 7.62. The van der Waals surface area contributed by atoms with E-state index >= 15 is 0 Å². The summed E-state index contributed by atoms with van der Waals surface area (Å²) < 4.78 is 11.1. The molecule has 2 aromatic carbocycles. The average Bonchev–Trinajstić information content (AvgIpc) is 2.61. The van der Waals surface area contributed by atoms with Gasteiger partial charge in [0.25, 0.3) is 11.8 Å². The van der Waals surface area contributed by atoms with Crippen LogP contribution in [-0.2, 0) is 0 Å². The molecular formula is C20H25BN2O4. The van der Waals surface area contributed by atoms with E-state index in [9.17, 15) is 9.59 Å². The Hall–Kier alpha value is -2.96. The molecule has 2 amide bonds. The summed E-state index contributed by atoms with van der Waals surface area (Å²) in [4.78, 5) is 24.1. The highest BCUT2D eigenvalue weighted by Crippen LogP contribution is 2.16. The fraction of sp³-hybridized carbons (Fsp3) is 0.300. The van der Waals surface area contributed by atoms with Crippen LogP contribution in [-0.4, -0.2) is 31.6 Å². The Kier molecular flexibility index (Phi) is 7.29. The Morgan fingerprint density at radius 3 is 1.56 bits per heavy atom. The first-order chi connectivity index (χ1) is 12.8. The number of benzene rings is 2. The maximum absolute atomic E-state index is 12.0. The lowest BCUT2D eigenvalue weighted by Gasteiger charge is -2.12. The molecule has 0 atom stereocenters. The molecule has 0 fully saturated rings. The molecule has 0 spiro atoms. The molecule has 7 heteroatoms. The van der Waals surface area contributed by atoms with Crippen LogP contribution in [0.4, 0.5) is 0 Å². The van der Waals surface area contributed by atoms with E-state index < -0.39 is 0 Å². The maximum atomic E-state index is 12.0. The SMILES string of the molecule is CC(C)NC(=O)c1cccc(OBOc2cccc(C(=O)NC(C)C)c2)c1. The summed E-state index contributed by atoms with van der Waals surface area (Å²) in [7, 11) is -0.0372. The number of nitrogens with one attached hydrogen (secondary N) is 2. The Labute approximate surface area is 160 Å². The normalized spacial score (nSPS) is 10.4. The number of rotatable bonds is 8. The van der Waals surface area contributed by atoms with Gasteiger partial charge in [0.05, 0.1) is 0 Å². The quantitative estimate of drug-likeness (QED) is 0.703. The van der Waals surface area contributed by atoms with Crippen molar-refractivity contribution in [2.24, 2.45) is 0 Å². The first-order valence-corrected chi connectivity index (χ1v) is 8.92. The topological polar surface area (TPSA) is 76.7 Å². The fourth-order valence-corrected chi connectivity index (χ4v) is 2.31. The lowest BCUT2D eigenvalue weighted by Crippen LogP contribution is -2.30. The lowest BCUT2D eigenvalue weighted by atomic mass is 10.1. The van der Waals surface area contributed by atoms with Crippen LogP contribution in [0.1, 0.15) is 48.4 Å². The molecule has 0 unspecified atom stereocenters. The first-order valence-electron chi connectivity index (χ1n) is 8.92. The zero-order valence-electron chi connectivity index (χ0n) is 16.1. The molecule has 0 radical (unpaired) electrons. The van der Waals surface area contributed by atoms with Crippen LogP contribution >= 0.6 is 0 Å². The van der Waals surface area contributed by atoms with Gasteiger partial charge in [-0.1, -0.05) is 12.1 Å². The third kappa shape index (κ3) is 6.69. The van der Waals surface area contributed by atoms with Crippen molar-refractivity contribution in [3.8, 4) is 11.5 Å². The second-order valence-corrected chi connectivity index (χ2v) is 6.72. The van der Waals surface area contributed by atoms with E-state index in [2.05, 4.69) is 10.6 Å². The minimum absolute atomic E-state index is 0.0372. The van der Waals surface area contributed by atoms with Gasteiger partial charge in [0.15, 0.2) is 0 Å². The molecule has 0 aliphatic rings. The Bertz CT molecular complexity index is 728. The van der Waals surface area contributed by atoms with E-state index in [1.807, 2.05) is 27.7 Å². The van der Waals surface area contributed by atoms with Crippen LogP contribution in [0.2, 0.25) is 0 Å². The highest BCUT2D eigenvalue weighted by Gasteiger charge is 2.10. The van der Waals surface area contributed by atoms with Gasteiger partial charge in [-0.25, -0.2) is 0 Å². The summed E-state index contributed by atoms with van der Waals surface area (Å²) >= 11 is 0. The predicted octanol–water partition coefficient (Wildman–Crippen LogP) is 2.69. The summed E-state index contributed by atoms with van der Waals surface area (Å²) in [5, 5.41) is 5.67. The molecular weight excluding hydrogens is 343 g/mol. The fourth-order valence-electron chi connectivity index (χ4n) is 2.31. The smallest absolute Gasteiger partial charge is 0.529 e. The van der Waals surface area contributed by atoms with E-state index in [1.54, 1.807) is 48.5 Å². The largest absolute Gasteiger partial charge is 0.576 e. The molecule has 27 heavy (non-hydrogen) atoms.